The van der Waals surface area contributed by atoms with Crippen LogP contribution in [0.15, 0.2) is 47.4 Å². The van der Waals surface area contributed by atoms with Crippen LogP contribution in [0, 0.1) is 5.92 Å². The number of carbonyl (C=O) groups excluding carboxylic acids is 2. The molecule has 0 unspecified atom stereocenters. The Morgan fingerprint density at radius 3 is 2.38 bits per heavy atom. The Balaban J connectivity index is 1.85. The number of primary amides is 1. The first-order valence-electron chi connectivity index (χ1n) is 8.84. The summed E-state index contributed by atoms with van der Waals surface area (Å²) in [6.07, 6.45) is 0.959. The molecule has 0 saturated carbocycles. The van der Waals surface area contributed by atoms with Crippen molar-refractivity contribution < 1.29 is 18.0 Å². The molecule has 1 aliphatic rings. The van der Waals surface area contributed by atoms with Gasteiger partial charge in [-0.05, 0) is 43.2 Å². The number of likely N-dealkylation sites (tertiary alicyclic amines) is 1. The first-order valence-corrected chi connectivity index (χ1v) is 11.1. The molecule has 1 heterocycles. The van der Waals surface area contributed by atoms with Crippen LogP contribution in [0.1, 0.15) is 23.2 Å². The Kier molecular flexibility index (Phi) is 6.36. The van der Waals surface area contributed by atoms with Crippen LogP contribution in [0.25, 0.3) is 0 Å². The number of amides is 2. The Hall–Kier alpha value is -2.29. The fraction of sp³-hybridized carbons (Fsp3) is 0.263. The highest BCUT2D eigenvalue weighted by molar-refractivity contribution is 7.92. The maximum Gasteiger partial charge on any atom is 0.263 e. The second kappa shape index (κ2) is 8.61. The molecule has 1 fully saturated rings. The van der Waals surface area contributed by atoms with Crippen LogP contribution in [-0.2, 0) is 14.8 Å². The molecule has 2 aromatic rings. The van der Waals surface area contributed by atoms with E-state index < -0.39 is 10.0 Å². The quantitative estimate of drug-likeness (QED) is 0.721. The van der Waals surface area contributed by atoms with Crippen LogP contribution < -0.4 is 10.5 Å². The predicted molar refractivity (Wildman–Crippen MR) is 112 cm³/mol. The van der Waals surface area contributed by atoms with Gasteiger partial charge in [0.15, 0.2) is 0 Å². The van der Waals surface area contributed by atoms with Crippen molar-refractivity contribution in [3.8, 4) is 0 Å². The van der Waals surface area contributed by atoms with E-state index in [1.54, 1.807) is 23.1 Å². The number of rotatable bonds is 5. The van der Waals surface area contributed by atoms with Crippen LogP contribution in [0.2, 0.25) is 10.0 Å². The summed E-state index contributed by atoms with van der Waals surface area (Å²) >= 11 is 11.9. The number of nitrogens with zero attached hydrogens (tertiary/aromatic N) is 1. The first-order chi connectivity index (χ1) is 13.7. The number of piperidine rings is 1. The zero-order valence-corrected chi connectivity index (χ0v) is 17.6. The Labute approximate surface area is 178 Å². The number of benzene rings is 2. The van der Waals surface area contributed by atoms with Crippen molar-refractivity contribution in [1.82, 2.24) is 4.90 Å². The molecular formula is C19H19Cl2N3O4S. The maximum atomic E-state index is 13.0. The minimum Gasteiger partial charge on any atom is -0.369 e. The van der Waals surface area contributed by atoms with Crippen LogP contribution in [0.4, 0.5) is 5.69 Å². The van der Waals surface area contributed by atoms with Gasteiger partial charge >= 0.3 is 0 Å². The van der Waals surface area contributed by atoms with Crippen molar-refractivity contribution in [2.24, 2.45) is 11.7 Å². The van der Waals surface area contributed by atoms with Crippen molar-refractivity contribution in [2.45, 2.75) is 17.7 Å². The molecule has 154 valence electrons. The zero-order valence-electron chi connectivity index (χ0n) is 15.3. The topological polar surface area (TPSA) is 110 Å². The van der Waals surface area contributed by atoms with Crippen LogP contribution in [-0.4, -0.2) is 38.2 Å². The number of anilines is 1. The van der Waals surface area contributed by atoms with Gasteiger partial charge < -0.3 is 10.6 Å². The number of hydrogen-bond acceptors (Lipinski definition) is 4. The van der Waals surface area contributed by atoms with Gasteiger partial charge in [0.05, 0.1) is 16.3 Å². The van der Waals surface area contributed by atoms with E-state index in [9.17, 15) is 18.0 Å². The lowest BCUT2D eigenvalue weighted by atomic mass is 9.96. The standard InChI is InChI=1S/C19H19Cl2N3O4S/c20-13-5-6-15(21)17(11-13)29(27,28)23-16-4-2-1-3-14(16)19(26)24-9-7-12(8-10-24)18(22)25/h1-6,11-12,23H,7-10H2,(H2,22,25). The molecule has 0 aromatic heterocycles. The Morgan fingerprint density at radius 1 is 1.07 bits per heavy atom. The molecule has 0 atom stereocenters. The number of nitrogens with one attached hydrogen (secondary N) is 1. The molecule has 2 aromatic carbocycles. The summed E-state index contributed by atoms with van der Waals surface area (Å²) in [6.45, 7) is 0.737. The van der Waals surface area contributed by atoms with Gasteiger partial charge in [-0.3, -0.25) is 14.3 Å². The average Bonchev–Trinajstić information content (AvgIpc) is 2.69. The normalized spacial score (nSPS) is 15.2. The molecule has 1 aliphatic heterocycles. The van der Waals surface area contributed by atoms with E-state index in [1.165, 1.54) is 24.3 Å². The van der Waals surface area contributed by atoms with Gasteiger partial charge in [0, 0.05) is 24.0 Å². The fourth-order valence-electron chi connectivity index (χ4n) is 3.18. The van der Waals surface area contributed by atoms with E-state index in [1.807, 2.05) is 0 Å². The minimum atomic E-state index is -4.07. The highest BCUT2D eigenvalue weighted by Gasteiger charge is 2.28. The highest BCUT2D eigenvalue weighted by atomic mass is 35.5. The van der Waals surface area contributed by atoms with E-state index in [0.29, 0.717) is 25.9 Å². The largest absolute Gasteiger partial charge is 0.369 e. The van der Waals surface area contributed by atoms with E-state index >= 15 is 0 Å². The number of para-hydroxylation sites is 1. The van der Waals surface area contributed by atoms with Gasteiger partial charge in [-0.1, -0.05) is 35.3 Å². The monoisotopic (exact) mass is 455 g/mol. The molecule has 1 saturated heterocycles. The highest BCUT2D eigenvalue weighted by Crippen LogP contribution is 2.29. The second-order valence-electron chi connectivity index (χ2n) is 6.69. The summed E-state index contributed by atoms with van der Waals surface area (Å²) < 4.78 is 28.1. The lowest BCUT2D eigenvalue weighted by Gasteiger charge is -2.31. The van der Waals surface area contributed by atoms with E-state index in [0.717, 1.165) is 0 Å². The molecule has 0 aliphatic carbocycles. The molecule has 0 radical (unpaired) electrons. The lowest BCUT2D eigenvalue weighted by Crippen LogP contribution is -2.42. The number of halogens is 2. The van der Waals surface area contributed by atoms with Gasteiger partial charge in [-0.2, -0.15) is 0 Å². The summed E-state index contributed by atoms with van der Waals surface area (Å²) in [7, 11) is -4.07. The van der Waals surface area contributed by atoms with Crippen LogP contribution in [0.5, 0.6) is 0 Å². The molecule has 3 rings (SSSR count). The van der Waals surface area contributed by atoms with Crippen molar-refractivity contribution in [3.63, 3.8) is 0 Å². The summed E-state index contributed by atoms with van der Waals surface area (Å²) in [6, 6.07) is 10.4. The number of carbonyl (C=O) groups is 2. The third-order valence-electron chi connectivity index (χ3n) is 4.77. The maximum absolute atomic E-state index is 13.0. The van der Waals surface area contributed by atoms with E-state index in [-0.39, 0.29) is 43.9 Å². The average molecular weight is 456 g/mol. The second-order valence-corrected chi connectivity index (χ2v) is 9.19. The molecule has 0 bridgehead atoms. The van der Waals surface area contributed by atoms with E-state index in [4.69, 9.17) is 28.9 Å². The van der Waals surface area contributed by atoms with Crippen molar-refractivity contribution >= 4 is 50.7 Å². The molecule has 0 spiro atoms. The van der Waals surface area contributed by atoms with E-state index in [2.05, 4.69) is 4.72 Å². The van der Waals surface area contributed by atoms with Crippen LogP contribution >= 0.6 is 23.2 Å². The Bertz CT molecular complexity index is 1050. The number of sulfonamides is 1. The third-order valence-corrected chi connectivity index (χ3v) is 6.85. The van der Waals surface area contributed by atoms with Gasteiger partial charge in [-0.15, -0.1) is 0 Å². The van der Waals surface area contributed by atoms with Crippen molar-refractivity contribution in [3.05, 3.63) is 58.1 Å². The van der Waals surface area contributed by atoms with Gasteiger partial charge in [-0.25, -0.2) is 8.42 Å². The molecule has 2 amide bonds. The molecule has 10 heteroatoms. The molecular weight excluding hydrogens is 437 g/mol. The minimum absolute atomic E-state index is 0.0132. The third kappa shape index (κ3) is 4.83. The lowest BCUT2D eigenvalue weighted by molar-refractivity contribution is -0.123. The number of nitrogens with two attached hydrogens (primary N) is 1. The van der Waals surface area contributed by atoms with Gasteiger partial charge in [0.1, 0.15) is 4.90 Å². The zero-order chi connectivity index (χ0) is 21.2. The SMILES string of the molecule is NC(=O)C1CCN(C(=O)c2ccccc2NS(=O)(=O)c2cc(Cl)ccc2Cl)CC1. The summed E-state index contributed by atoms with van der Waals surface area (Å²) in [4.78, 5) is 25.7. The molecule has 29 heavy (non-hydrogen) atoms. The Morgan fingerprint density at radius 2 is 1.72 bits per heavy atom. The molecule has 3 N–H and O–H groups in total. The van der Waals surface area contributed by atoms with Gasteiger partial charge in [0.2, 0.25) is 5.91 Å². The summed E-state index contributed by atoms with van der Waals surface area (Å²) in [5, 5.41) is 0.232. The predicted octanol–water partition coefficient (Wildman–Crippen LogP) is 3.13. The summed E-state index contributed by atoms with van der Waals surface area (Å²) in [5.74, 6) is -0.954. The molecule has 7 nitrogen and oxygen atoms in total. The van der Waals surface area contributed by atoms with Crippen molar-refractivity contribution in [1.29, 1.82) is 0 Å². The first kappa shape index (κ1) is 21.4. The van der Waals surface area contributed by atoms with Crippen molar-refractivity contribution in [2.75, 3.05) is 17.8 Å². The smallest absolute Gasteiger partial charge is 0.263 e. The fourth-order valence-corrected chi connectivity index (χ4v) is 5.02. The van der Waals surface area contributed by atoms with Gasteiger partial charge in [0.25, 0.3) is 15.9 Å². The number of hydrogen-bond donors (Lipinski definition) is 2. The van der Waals surface area contributed by atoms with Crippen LogP contribution in [0.3, 0.4) is 0 Å². The summed E-state index contributed by atoms with van der Waals surface area (Å²) in [5.41, 5.74) is 5.66.